The molecule has 9 heteroatoms. The van der Waals surface area contributed by atoms with Gasteiger partial charge in [-0.15, -0.1) is 10.2 Å². The topological polar surface area (TPSA) is 85.8 Å². The van der Waals surface area contributed by atoms with Crippen molar-refractivity contribution in [3.63, 3.8) is 0 Å². The summed E-state index contributed by atoms with van der Waals surface area (Å²) in [6, 6.07) is 13.9. The number of aromatic nitrogens is 5. The first-order chi connectivity index (χ1) is 15.5. The Morgan fingerprint density at radius 2 is 1.88 bits per heavy atom. The lowest BCUT2D eigenvalue weighted by atomic mass is 10.1. The molecule has 0 fully saturated rings. The van der Waals surface area contributed by atoms with E-state index < -0.39 is 5.97 Å². The number of unbranched alkanes of at least 4 members (excludes halogenated alkanes) is 1. The predicted octanol–water partition coefficient (Wildman–Crippen LogP) is 5.02. The van der Waals surface area contributed by atoms with Crippen LogP contribution in [0.2, 0.25) is 10.0 Å². The molecule has 0 aliphatic rings. The quantitative estimate of drug-likeness (QED) is 0.328. The van der Waals surface area contributed by atoms with E-state index in [0.29, 0.717) is 48.2 Å². The van der Waals surface area contributed by atoms with Crippen LogP contribution in [0.15, 0.2) is 48.7 Å². The maximum Gasteiger partial charge on any atom is 0.303 e. The SMILES string of the molecule is O=C(O)CCCCn1nnc(CCc2cn(Cc3ccc(Cl)cc3Cl)c3ccccc23)n1. The zero-order valence-electron chi connectivity index (χ0n) is 17.4. The normalized spacial score (nSPS) is 11.3. The Hall–Kier alpha value is -2.90. The number of fused-ring (bicyclic) bond motifs is 1. The number of nitrogens with zero attached hydrogens (tertiary/aromatic N) is 5. The van der Waals surface area contributed by atoms with Crippen LogP contribution in [-0.4, -0.2) is 35.9 Å². The monoisotopic (exact) mass is 471 g/mol. The number of aryl methyl sites for hydroxylation is 3. The van der Waals surface area contributed by atoms with Crippen molar-refractivity contribution in [3.05, 3.63) is 75.7 Å². The van der Waals surface area contributed by atoms with Crippen LogP contribution in [0, 0.1) is 0 Å². The Kier molecular flexibility index (Phi) is 7.07. The number of carboxylic acids is 1. The second-order valence-electron chi connectivity index (χ2n) is 7.69. The number of carboxylic acid groups (broad SMARTS) is 1. The van der Waals surface area contributed by atoms with Gasteiger partial charge in [0, 0.05) is 46.5 Å². The standard InChI is InChI=1S/C23H23Cl2N5O2/c24-18-10-8-17(20(25)13-18)15-29-14-16(19-5-1-2-6-21(19)29)9-11-22-26-28-30(27-22)12-4-3-7-23(31)32/h1-2,5-6,8,10,13-14H,3-4,7,9,11-12,15H2,(H,31,32). The fourth-order valence-corrected chi connectivity index (χ4v) is 4.20. The molecular formula is C23H23Cl2N5O2. The van der Waals surface area contributed by atoms with E-state index in [0.717, 1.165) is 17.5 Å². The molecule has 0 spiro atoms. The average molecular weight is 472 g/mol. The highest BCUT2D eigenvalue weighted by Gasteiger charge is 2.12. The van der Waals surface area contributed by atoms with Gasteiger partial charge >= 0.3 is 5.97 Å². The largest absolute Gasteiger partial charge is 0.481 e. The molecule has 0 atom stereocenters. The van der Waals surface area contributed by atoms with Gasteiger partial charge in [0.15, 0.2) is 5.82 Å². The van der Waals surface area contributed by atoms with Crippen LogP contribution in [0.25, 0.3) is 10.9 Å². The Morgan fingerprint density at radius 3 is 2.69 bits per heavy atom. The maximum atomic E-state index is 10.6. The van der Waals surface area contributed by atoms with Crippen molar-refractivity contribution in [2.75, 3.05) is 0 Å². The van der Waals surface area contributed by atoms with Gasteiger partial charge in [-0.2, -0.15) is 4.80 Å². The minimum absolute atomic E-state index is 0.160. The van der Waals surface area contributed by atoms with E-state index in [4.69, 9.17) is 28.3 Å². The smallest absolute Gasteiger partial charge is 0.303 e. The van der Waals surface area contributed by atoms with E-state index in [1.165, 1.54) is 10.9 Å². The third-order valence-electron chi connectivity index (χ3n) is 5.34. The summed E-state index contributed by atoms with van der Waals surface area (Å²) in [4.78, 5) is 12.1. The van der Waals surface area contributed by atoms with Crippen molar-refractivity contribution >= 4 is 40.1 Å². The van der Waals surface area contributed by atoms with E-state index in [-0.39, 0.29) is 6.42 Å². The van der Waals surface area contributed by atoms with Crippen LogP contribution in [-0.2, 0) is 30.7 Å². The number of rotatable bonds is 10. The summed E-state index contributed by atoms with van der Waals surface area (Å²) in [7, 11) is 0. The molecule has 0 radical (unpaired) electrons. The molecule has 2 aromatic carbocycles. The molecule has 0 aliphatic carbocycles. The first-order valence-corrected chi connectivity index (χ1v) is 11.2. The van der Waals surface area contributed by atoms with Gasteiger partial charge in [0.1, 0.15) is 0 Å². The number of hydrogen-bond donors (Lipinski definition) is 1. The van der Waals surface area contributed by atoms with E-state index in [9.17, 15) is 4.79 Å². The summed E-state index contributed by atoms with van der Waals surface area (Å²) in [5, 5.41) is 23.8. The molecule has 0 saturated carbocycles. The molecule has 2 aromatic heterocycles. The Balaban J connectivity index is 1.44. The van der Waals surface area contributed by atoms with Gasteiger partial charge in [-0.05, 0) is 53.8 Å². The number of benzene rings is 2. The summed E-state index contributed by atoms with van der Waals surface area (Å²) >= 11 is 12.4. The van der Waals surface area contributed by atoms with E-state index >= 15 is 0 Å². The van der Waals surface area contributed by atoms with Gasteiger partial charge in [0.05, 0.1) is 6.54 Å². The van der Waals surface area contributed by atoms with Gasteiger partial charge < -0.3 is 9.67 Å². The fourth-order valence-electron chi connectivity index (χ4n) is 3.73. The number of hydrogen-bond acceptors (Lipinski definition) is 4. The van der Waals surface area contributed by atoms with Gasteiger partial charge in [-0.1, -0.05) is 47.5 Å². The molecule has 32 heavy (non-hydrogen) atoms. The number of carbonyl (C=O) groups is 1. The molecule has 2 heterocycles. The van der Waals surface area contributed by atoms with E-state index in [2.05, 4.69) is 38.3 Å². The molecule has 166 valence electrons. The van der Waals surface area contributed by atoms with Crippen LogP contribution in [0.5, 0.6) is 0 Å². The molecule has 0 amide bonds. The van der Waals surface area contributed by atoms with Crippen LogP contribution in [0.1, 0.15) is 36.2 Å². The Bertz CT molecular complexity index is 1230. The summed E-state index contributed by atoms with van der Waals surface area (Å²) in [6.45, 7) is 1.22. The van der Waals surface area contributed by atoms with Crippen molar-refractivity contribution in [2.45, 2.75) is 45.2 Å². The molecule has 0 unspecified atom stereocenters. The molecular weight excluding hydrogens is 449 g/mol. The first-order valence-electron chi connectivity index (χ1n) is 10.5. The zero-order chi connectivity index (χ0) is 22.5. The van der Waals surface area contributed by atoms with Gasteiger partial charge in [-0.25, -0.2) is 0 Å². The van der Waals surface area contributed by atoms with E-state index in [1.807, 2.05) is 24.3 Å². The molecule has 1 N–H and O–H groups in total. The van der Waals surface area contributed by atoms with Crippen LogP contribution in [0.3, 0.4) is 0 Å². The van der Waals surface area contributed by atoms with Gasteiger partial charge in [0.2, 0.25) is 0 Å². The summed E-state index contributed by atoms with van der Waals surface area (Å²) in [5.74, 6) is -0.101. The highest BCUT2D eigenvalue weighted by molar-refractivity contribution is 6.35. The molecule has 7 nitrogen and oxygen atoms in total. The Labute approximate surface area is 195 Å². The van der Waals surface area contributed by atoms with Gasteiger partial charge in [-0.3, -0.25) is 4.79 Å². The minimum Gasteiger partial charge on any atom is -0.481 e. The van der Waals surface area contributed by atoms with Crippen molar-refractivity contribution < 1.29 is 9.90 Å². The fraction of sp³-hybridized carbons (Fsp3) is 0.304. The summed E-state index contributed by atoms with van der Waals surface area (Å²) in [5.41, 5.74) is 3.36. The number of halogens is 2. The predicted molar refractivity (Wildman–Crippen MR) is 124 cm³/mol. The second-order valence-corrected chi connectivity index (χ2v) is 8.53. The highest BCUT2D eigenvalue weighted by atomic mass is 35.5. The van der Waals surface area contributed by atoms with Crippen molar-refractivity contribution in [1.82, 2.24) is 24.8 Å². The zero-order valence-corrected chi connectivity index (χ0v) is 18.9. The summed E-state index contributed by atoms with van der Waals surface area (Å²) in [6.07, 6.45) is 5.09. The minimum atomic E-state index is -0.783. The van der Waals surface area contributed by atoms with Gasteiger partial charge in [0.25, 0.3) is 0 Å². The van der Waals surface area contributed by atoms with Crippen molar-refractivity contribution in [2.24, 2.45) is 0 Å². The Morgan fingerprint density at radius 1 is 1.03 bits per heavy atom. The second kappa shape index (κ2) is 10.1. The number of aliphatic carboxylic acids is 1. The van der Waals surface area contributed by atoms with Crippen molar-refractivity contribution in [1.29, 1.82) is 0 Å². The molecule has 0 saturated heterocycles. The lowest BCUT2D eigenvalue weighted by molar-refractivity contribution is -0.137. The molecule has 4 rings (SSSR count). The van der Waals surface area contributed by atoms with E-state index in [1.54, 1.807) is 10.9 Å². The number of para-hydroxylation sites is 1. The van der Waals surface area contributed by atoms with Crippen LogP contribution in [0.4, 0.5) is 0 Å². The maximum absolute atomic E-state index is 10.6. The molecule has 0 aliphatic heterocycles. The molecule has 4 aromatic rings. The first kappa shape index (κ1) is 22.3. The highest BCUT2D eigenvalue weighted by Crippen LogP contribution is 2.26. The molecule has 0 bridgehead atoms. The lowest BCUT2D eigenvalue weighted by Crippen LogP contribution is -2.04. The van der Waals surface area contributed by atoms with Crippen molar-refractivity contribution in [3.8, 4) is 0 Å². The van der Waals surface area contributed by atoms with Crippen LogP contribution < -0.4 is 0 Å². The van der Waals surface area contributed by atoms with Crippen LogP contribution >= 0.6 is 23.2 Å². The average Bonchev–Trinajstić information content (AvgIpc) is 3.36. The summed E-state index contributed by atoms with van der Waals surface area (Å²) < 4.78 is 2.20. The third-order valence-corrected chi connectivity index (χ3v) is 5.92. The third kappa shape index (κ3) is 5.47. The number of tetrazole rings is 1. The lowest BCUT2D eigenvalue weighted by Gasteiger charge is -2.08.